The van der Waals surface area contributed by atoms with Gasteiger partial charge in [-0.05, 0) is 11.6 Å². The highest BCUT2D eigenvalue weighted by molar-refractivity contribution is 5.50. The van der Waals surface area contributed by atoms with E-state index in [4.69, 9.17) is 11.5 Å². The van der Waals surface area contributed by atoms with Gasteiger partial charge in [0.2, 0.25) is 0 Å². The molecule has 0 unspecified atom stereocenters. The number of hydrogen-bond acceptors (Lipinski definition) is 2. The first kappa shape index (κ1) is 6.68. The van der Waals surface area contributed by atoms with Gasteiger partial charge in [-0.15, -0.1) is 0 Å². The van der Waals surface area contributed by atoms with E-state index >= 15 is 0 Å². The molecule has 0 aromatic heterocycles. The third-order valence-electron chi connectivity index (χ3n) is 1.13. The molecule has 0 bridgehead atoms. The quantitative estimate of drug-likeness (QED) is 0.599. The Morgan fingerprint density at radius 2 is 1.70 bits per heavy atom. The van der Waals surface area contributed by atoms with Crippen molar-refractivity contribution in [2.24, 2.45) is 11.5 Å². The van der Waals surface area contributed by atoms with Crippen LogP contribution in [0.15, 0.2) is 36.2 Å². The summed E-state index contributed by atoms with van der Waals surface area (Å²) in [6, 6.07) is 9.72. The normalized spacial score (nSPS) is 8.80. The largest absolute Gasteiger partial charge is 0.386 e. The van der Waals surface area contributed by atoms with Crippen molar-refractivity contribution in [2.75, 3.05) is 0 Å². The van der Waals surface area contributed by atoms with Crippen LogP contribution in [0.5, 0.6) is 0 Å². The average Bonchev–Trinajstić information content (AvgIpc) is 1.88. The smallest absolute Gasteiger partial charge is 0.0939 e. The van der Waals surface area contributed by atoms with Gasteiger partial charge in [0.1, 0.15) is 0 Å². The van der Waals surface area contributed by atoms with E-state index in [1.807, 2.05) is 30.3 Å². The van der Waals surface area contributed by atoms with E-state index in [1.165, 1.54) is 0 Å². The summed E-state index contributed by atoms with van der Waals surface area (Å²) < 4.78 is 0. The molecule has 0 fully saturated rings. The molecule has 2 nitrogen and oxygen atoms in total. The van der Waals surface area contributed by atoms with Gasteiger partial charge < -0.3 is 11.5 Å². The topological polar surface area (TPSA) is 52.0 Å². The Bertz CT molecular complexity index is 222. The van der Waals surface area contributed by atoms with E-state index in [0.29, 0.717) is 5.82 Å². The molecular formula is C8H10N2. The summed E-state index contributed by atoms with van der Waals surface area (Å²) >= 11 is 0. The van der Waals surface area contributed by atoms with Crippen LogP contribution in [0, 0.1) is 0 Å². The van der Waals surface area contributed by atoms with Crippen LogP contribution in [0.4, 0.5) is 0 Å². The minimum Gasteiger partial charge on any atom is -0.386 e. The fourth-order valence-electron chi connectivity index (χ4n) is 0.742. The molecule has 0 aliphatic rings. The highest BCUT2D eigenvalue weighted by Crippen LogP contribution is 2.00. The summed E-state index contributed by atoms with van der Waals surface area (Å²) in [6.07, 6.45) is 1.72. The van der Waals surface area contributed by atoms with E-state index in [-0.39, 0.29) is 0 Å². The lowest BCUT2D eigenvalue weighted by Gasteiger charge is -1.91. The van der Waals surface area contributed by atoms with Gasteiger partial charge in [-0.2, -0.15) is 0 Å². The summed E-state index contributed by atoms with van der Waals surface area (Å²) in [7, 11) is 0. The van der Waals surface area contributed by atoms with Crippen molar-refractivity contribution in [3.63, 3.8) is 0 Å². The van der Waals surface area contributed by atoms with Gasteiger partial charge in [-0.3, -0.25) is 0 Å². The zero-order chi connectivity index (χ0) is 7.40. The Morgan fingerprint density at radius 3 is 2.20 bits per heavy atom. The molecule has 0 amide bonds. The maximum absolute atomic E-state index is 5.26. The lowest BCUT2D eigenvalue weighted by molar-refractivity contribution is 1.27. The van der Waals surface area contributed by atoms with Gasteiger partial charge in [0.15, 0.2) is 0 Å². The van der Waals surface area contributed by atoms with Gasteiger partial charge in [0, 0.05) is 0 Å². The predicted octanol–water partition coefficient (Wildman–Crippen LogP) is 0.902. The molecular weight excluding hydrogens is 124 g/mol. The molecule has 0 saturated heterocycles. The van der Waals surface area contributed by atoms with E-state index < -0.39 is 0 Å². The Labute approximate surface area is 60.2 Å². The van der Waals surface area contributed by atoms with E-state index in [9.17, 15) is 0 Å². The number of benzene rings is 1. The third kappa shape index (κ3) is 1.82. The summed E-state index contributed by atoms with van der Waals surface area (Å²) in [4.78, 5) is 0. The Balaban J connectivity index is 2.87. The highest BCUT2D eigenvalue weighted by Gasteiger charge is 1.82. The van der Waals surface area contributed by atoms with Crippen LogP contribution in [0.1, 0.15) is 5.56 Å². The van der Waals surface area contributed by atoms with Crippen LogP contribution in [-0.4, -0.2) is 0 Å². The molecule has 0 aliphatic heterocycles. The van der Waals surface area contributed by atoms with Crippen LogP contribution in [-0.2, 0) is 0 Å². The summed E-state index contributed by atoms with van der Waals surface area (Å²) in [5, 5.41) is 0. The second-order valence-corrected chi connectivity index (χ2v) is 2.06. The minimum atomic E-state index is 0.339. The van der Waals surface area contributed by atoms with E-state index in [2.05, 4.69) is 0 Å². The molecule has 0 radical (unpaired) electrons. The van der Waals surface area contributed by atoms with Crippen molar-refractivity contribution in [1.82, 2.24) is 0 Å². The first-order valence-electron chi connectivity index (χ1n) is 3.07. The van der Waals surface area contributed by atoms with Crippen LogP contribution < -0.4 is 11.5 Å². The first-order chi connectivity index (χ1) is 4.79. The summed E-state index contributed by atoms with van der Waals surface area (Å²) in [5.74, 6) is 0.339. The lowest BCUT2D eigenvalue weighted by atomic mass is 10.2. The van der Waals surface area contributed by atoms with Crippen molar-refractivity contribution < 1.29 is 0 Å². The average molecular weight is 134 g/mol. The van der Waals surface area contributed by atoms with E-state index in [0.717, 1.165) is 5.56 Å². The molecule has 1 aromatic rings. The molecule has 2 heteroatoms. The van der Waals surface area contributed by atoms with Gasteiger partial charge in [0.25, 0.3) is 0 Å². The van der Waals surface area contributed by atoms with Crippen molar-refractivity contribution >= 4 is 6.08 Å². The lowest BCUT2D eigenvalue weighted by Crippen LogP contribution is -2.06. The van der Waals surface area contributed by atoms with E-state index in [1.54, 1.807) is 6.08 Å². The van der Waals surface area contributed by atoms with Crippen molar-refractivity contribution in [3.05, 3.63) is 41.7 Å². The van der Waals surface area contributed by atoms with Crippen LogP contribution in [0.25, 0.3) is 6.08 Å². The van der Waals surface area contributed by atoms with Crippen molar-refractivity contribution in [1.29, 1.82) is 0 Å². The number of rotatable bonds is 1. The Kier molecular flexibility index (Phi) is 1.95. The monoisotopic (exact) mass is 134 g/mol. The first-order valence-corrected chi connectivity index (χ1v) is 3.07. The third-order valence-corrected chi connectivity index (χ3v) is 1.13. The zero-order valence-electron chi connectivity index (χ0n) is 5.62. The molecule has 10 heavy (non-hydrogen) atoms. The number of nitrogens with two attached hydrogens (primary N) is 2. The molecule has 52 valence electrons. The fraction of sp³-hybridized carbons (Fsp3) is 0. The molecule has 4 N–H and O–H groups in total. The Hall–Kier alpha value is -1.44. The molecule has 0 saturated carbocycles. The SMILES string of the molecule is NC(N)=Cc1ccccc1. The highest BCUT2D eigenvalue weighted by atomic mass is 14.8. The second-order valence-electron chi connectivity index (χ2n) is 2.06. The van der Waals surface area contributed by atoms with Crippen molar-refractivity contribution in [3.8, 4) is 0 Å². The fourth-order valence-corrected chi connectivity index (χ4v) is 0.742. The molecule has 0 spiro atoms. The summed E-state index contributed by atoms with van der Waals surface area (Å²) in [5.41, 5.74) is 11.6. The standard InChI is InChI=1S/C8H10N2/c9-8(10)6-7-4-2-1-3-5-7/h1-6H,9-10H2. The molecule has 0 heterocycles. The molecule has 0 aliphatic carbocycles. The molecule has 0 atom stereocenters. The second kappa shape index (κ2) is 2.92. The zero-order valence-corrected chi connectivity index (χ0v) is 5.62. The Morgan fingerprint density at radius 1 is 1.10 bits per heavy atom. The molecule has 1 aromatic carbocycles. The van der Waals surface area contributed by atoms with Gasteiger partial charge in [-0.25, -0.2) is 0 Å². The van der Waals surface area contributed by atoms with Crippen LogP contribution in [0.2, 0.25) is 0 Å². The van der Waals surface area contributed by atoms with Gasteiger partial charge in [0.05, 0.1) is 5.82 Å². The predicted molar refractivity (Wildman–Crippen MR) is 42.8 cm³/mol. The molecule has 1 rings (SSSR count). The number of hydrogen-bond donors (Lipinski definition) is 2. The van der Waals surface area contributed by atoms with Crippen molar-refractivity contribution in [2.45, 2.75) is 0 Å². The summed E-state index contributed by atoms with van der Waals surface area (Å²) in [6.45, 7) is 0. The minimum absolute atomic E-state index is 0.339. The maximum atomic E-state index is 5.26. The van der Waals surface area contributed by atoms with Gasteiger partial charge in [-0.1, -0.05) is 30.3 Å². The van der Waals surface area contributed by atoms with Crippen LogP contribution >= 0.6 is 0 Å². The van der Waals surface area contributed by atoms with Gasteiger partial charge >= 0.3 is 0 Å². The van der Waals surface area contributed by atoms with Crippen LogP contribution in [0.3, 0.4) is 0 Å². The maximum Gasteiger partial charge on any atom is 0.0939 e.